The summed E-state index contributed by atoms with van der Waals surface area (Å²) >= 11 is 1.54. The quantitative estimate of drug-likeness (QED) is 0.205. The molecule has 6 nitrogen and oxygen atoms in total. The first-order valence-corrected chi connectivity index (χ1v) is 5.13. The summed E-state index contributed by atoms with van der Waals surface area (Å²) in [6.07, 6.45) is 1.67. The fraction of sp³-hybridized carbons (Fsp3) is 0.429. The molecule has 7 heteroatoms. The van der Waals surface area contributed by atoms with E-state index in [4.69, 9.17) is 11.6 Å². The molecule has 2 amide bonds. The number of nitrogens with zero attached hydrogens (tertiary/aromatic N) is 1. The van der Waals surface area contributed by atoms with Crippen LogP contribution in [-0.2, 0) is 9.59 Å². The average molecular weight is 214 g/mol. The third-order valence-electron chi connectivity index (χ3n) is 2.25. The van der Waals surface area contributed by atoms with Gasteiger partial charge in [0.2, 0.25) is 5.91 Å². The Morgan fingerprint density at radius 1 is 1.71 bits per heavy atom. The van der Waals surface area contributed by atoms with Gasteiger partial charge in [0.25, 0.3) is 5.91 Å². The van der Waals surface area contributed by atoms with Crippen molar-refractivity contribution in [2.75, 3.05) is 5.75 Å². The van der Waals surface area contributed by atoms with Crippen molar-refractivity contribution in [3.63, 3.8) is 0 Å². The highest BCUT2D eigenvalue weighted by Crippen LogP contribution is 2.36. The fourth-order valence-electron chi connectivity index (χ4n) is 1.52. The molecule has 0 spiro atoms. The van der Waals surface area contributed by atoms with E-state index >= 15 is 0 Å². The summed E-state index contributed by atoms with van der Waals surface area (Å²) in [6, 6.07) is -0.491. The molecule has 1 saturated heterocycles. The minimum Gasteiger partial charge on any atom is -0.317 e. The molecule has 0 aromatic rings. The summed E-state index contributed by atoms with van der Waals surface area (Å²) in [5.74, 6) is 5.00. The normalized spacial score (nSPS) is 30.3. The Bertz CT molecular complexity index is 330. The van der Waals surface area contributed by atoms with Crippen LogP contribution >= 0.6 is 11.8 Å². The molecule has 1 fully saturated rings. The smallest absolute Gasteiger partial charge is 0.281 e. The number of carbonyl (C=O) groups is 2. The Labute approximate surface area is 84.6 Å². The number of hydrogen-bond acceptors (Lipinski definition) is 5. The molecule has 0 bridgehead atoms. The number of amides is 2. The minimum atomic E-state index is -0.491. The topological polar surface area (TPSA) is 101 Å². The summed E-state index contributed by atoms with van der Waals surface area (Å²) in [4.78, 5) is 24.0. The van der Waals surface area contributed by atoms with E-state index in [1.54, 1.807) is 6.08 Å². The minimum absolute atomic E-state index is 0.111. The number of hydrazine groups is 1. The largest absolute Gasteiger partial charge is 0.317 e. The van der Waals surface area contributed by atoms with Crippen LogP contribution in [0.3, 0.4) is 0 Å². The molecule has 76 valence electrons. The van der Waals surface area contributed by atoms with Gasteiger partial charge in [-0.25, -0.2) is 5.84 Å². The lowest BCUT2D eigenvalue weighted by Gasteiger charge is -2.47. The van der Waals surface area contributed by atoms with Gasteiger partial charge in [0.1, 0.15) is 17.1 Å². The summed E-state index contributed by atoms with van der Waals surface area (Å²) in [6.45, 7) is 0. The molecular formula is C7H10N4O2S. The van der Waals surface area contributed by atoms with Crippen LogP contribution < -0.4 is 17.0 Å². The monoisotopic (exact) mass is 214 g/mol. The molecule has 0 aliphatic carbocycles. The second-order valence-corrected chi connectivity index (χ2v) is 4.17. The van der Waals surface area contributed by atoms with Gasteiger partial charge in [0.05, 0.1) is 0 Å². The Kier molecular flexibility index (Phi) is 2.22. The molecule has 2 aliphatic rings. The van der Waals surface area contributed by atoms with Crippen LogP contribution in [0, 0.1) is 0 Å². The fourth-order valence-corrected chi connectivity index (χ4v) is 2.66. The lowest BCUT2D eigenvalue weighted by atomic mass is 10.1. The molecule has 5 N–H and O–H groups in total. The van der Waals surface area contributed by atoms with Gasteiger partial charge in [-0.3, -0.25) is 19.9 Å². The highest BCUT2D eigenvalue weighted by Gasteiger charge is 2.49. The van der Waals surface area contributed by atoms with Crippen LogP contribution in [0.2, 0.25) is 0 Å². The standard InChI is InChI=1S/C7H10N4O2S/c8-4-6(13)11-3(5(12)10-9)1-2-14-7(4)11/h1,4,7H,2,8-9H2,(H,10,12)/t4?,7-/m1/s1. The van der Waals surface area contributed by atoms with E-state index in [2.05, 4.69) is 0 Å². The predicted octanol–water partition coefficient (Wildman–Crippen LogP) is -1.90. The highest BCUT2D eigenvalue weighted by molar-refractivity contribution is 8.00. The summed E-state index contributed by atoms with van der Waals surface area (Å²) < 4.78 is 0. The highest BCUT2D eigenvalue weighted by atomic mass is 32.2. The van der Waals surface area contributed by atoms with E-state index in [-0.39, 0.29) is 11.3 Å². The van der Waals surface area contributed by atoms with Crippen molar-refractivity contribution in [3.05, 3.63) is 11.8 Å². The SMILES string of the molecule is NNC(=O)C1=CCS[C@@H]2C(N)C(=O)N12. The van der Waals surface area contributed by atoms with Gasteiger partial charge in [-0.1, -0.05) is 0 Å². The lowest BCUT2D eigenvalue weighted by Crippen LogP contribution is -2.68. The van der Waals surface area contributed by atoms with Gasteiger partial charge in [0.15, 0.2) is 0 Å². The molecule has 2 aliphatic heterocycles. The molecule has 2 heterocycles. The van der Waals surface area contributed by atoms with Crippen molar-refractivity contribution in [1.29, 1.82) is 0 Å². The van der Waals surface area contributed by atoms with Gasteiger partial charge >= 0.3 is 0 Å². The number of carbonyl (C=O) groups excluding carboxylic acids is 2. The van der Waals surface area contributed by atoms with Crippen LogP contribution in [0.25, 0.3) is 0 Å². The molecule has 0 aromatic heterocycles. The van der Waals surface area contributed by atoms with E-state index in [1.165, 1.54) is 16.7 Å². The number of nitrogens with one attached hydrogen (secondary N) is 1. The Balaban J connectivity index is 2.23. The van der Waals surface area contributed by atoms with Crippen molar-refractivity contribution < 1.29 is 9.59 Å². The van der Waals surface area contributed by atoms with Gasteiger partial charge in [-0.15, -0.1) is 11.8 Å². The summed E-state index contributed by atoms with van der Waals surface area (Å²) in [5.41, 5.74) is 7.89. The Hall–Kier alpha value is -1.05. The lowest BCUT2D eigenvalue weighted by molar-refractivity contribution is -0.143. The third-order valence-corrected chi connectivity index (χ3v) is 3.46. The third kappa shape index (κ3) is 1.13. The molecule has 1 unspecified atom stereocenters. The van der Waals surface area contributed by atoms with Gasteiger partial charge in [0, 0.05) is 5.75 Å². The number of rotatable bonds is 1. The van der Waals surface area contributed by atoms with Crippen LogP contribution in [0.5, 0.6) is 0 Å². The Morgan fingerprint density at radius 2 is 2.43 bits per heavy atom. The number of hydrogen-bond donors (Lipinski definition) is 3. The van der Waals surface area contributed by atoms with Gasteiger partial charge in [-0.2, -0.15) is 0 Å². The number of fused-ring (bicyclic) bond motifs is 1. The molecule has 2 rings (SSSR count). The van der Waals surface area contributed by atoms with Crippen LogP contribution in [0.4, 0.5) is 0 Å². The maximum Gasteiger partial charge on any atom is 0.281 e. The van der Waals surface area contributed by atoms with E-state index in [1.807, 2.05) is 5.43 Å². The van der Waals surface area contributed by atoms with Crippen LogP contribution in [-0.4, -0.2) is 33.9 Å². The zero-order valence-electron chi connectivity index (χ0n) is 7.27. The van der Waals surface area contributed by atoms with E-state index in [0.717, 1.165) is 0 Å². The predicted molar refractivity (Wildman–Crippen MR) is 51.5 cm³/mol. The van der Waals surface area contributed by atoms with Gasteiger partial charge < -0.3 is 5.73 Å². The van der Waals surface area contributed by atoms with Crippen molar-refractivity contribution in [2.24, 2.45) is 11.6 Å². The van der Waals surface area contributed by atoms with Crippen LogP contribution in [0.15, 0.2) is 11.8 Å². The summed E-state index contributed by atoms with van der Waals surface area (Å²) in [7, 11) is 0. The molecule has 0 aromatic carbocycles. The van der Waals surface area contributed by atoms with Crippen molar-refractivity contribution in [1.82, 2.24) is 10.3 Å². The molecule has 0 saturated carbocycles. The van der Waals surface area contributed by atoms with Gasteiger partial charge in [-0.05, 0) is 6.08 Å². The molecule has 0 radical (unpaired) electrons. The molecule has 2 atom stereocenters. The van der Waals surface area contributed by atoms with Crippen LogP contribution in [0.1, 0.15) is 0 Å². The zero-order chi connectivity index (χ0) is 10.3. The molecular weight excluding hydrogens is 204 g/mol. The zero-order valence-corrected chi connectivity index (χ0v) is 8.08. The van der Waals surface area contributed by atoms with E-state index < -0.39 is 11.9 Å². The van der Waals surface area contributed by atoms with Crippen molar-refractivity contribution >= 4 is 23.6 Å². The number of nitrogens with two attached hydrogens (primary N) is 2. The molecule has 14 heavy (non-hydrogen) atoms. The maximum absolute atomic E-state index is 11.4. The number of β-lactam (4-membered cyclic amide) rings is 1. The number of thioether (sulfide) groups is 1. The summed E-state index contributed by atoms with van der Waals surface area (Å²) in [5, 5.41) is -0.111. The second kappa shape index (κ2) is 3.26. The first-order chi connectivity index (χ1) is 6.66. The first-order valence-electron chi connectivity index (χ1n) is 4.08. The second-order valence-electron chi connectivity index (χ2n) is 3.02. The first kappa shape index (κ1) is 9.50. The van der Waals surface area contributed by atoms with Crippen molar-refractivity contribution in [2.45, 2.75) is 11.4 Å². The van der Waals surface area contributed by atoms with E-state index in [0.29, 0.717) is 11.4 Å². The van der Waals surface area contributed by atoms with E-state index in [9.17, 15) is 9.59 Å². The maximum atomic E-state index is 11.4. The average Bonchev–Trinajstić information content (AvgIpc) is 2.25. The van der Waals surface area contributed by atoms with Crippen molar-refractivity contribution in [3.8, 4) is 0 Å². The Morgan fingerprint density at radius 3 is 3.07 bits per heavy atom.